The molecule has 3 saturated heterocycles. The van der Waals surface area contributed by atoms with E-state index in [2.05, 4.69) is 31.6 Å². The van der Waals surface area contributed by atoms with Crippen LogP contribution < -0.4 is 32.3 Å². The number of aromatic nitrogens is 1. The van der Waals surface area contributed by atoms with Crippen molar-refractivity contribution < 1.29 is 80.5 Å². The number of nitrogens with zero attached hydrogens (tertiary/aromatic N) is 3. The zero-order valence-electron chi connectivity index (χ0n) is 42.2. The lowest BCUT2D eigenvalue weighted by Gasteiger charge is -2.37. The molecule has 25 nitrogen and oxygen atoms in total. The number of ether oxygens (including phenoxy) is 3. The quantitative estimate of drug-likeness (QED) is 0.0298. The van der Waals surface area contributed by atoms with Gasteiger partial charge < -0.3 is 65.8 Å². The van der Waals surface area contributed by atoms with Gasteiger partial charge in [-0.15, -0.1) is 0 Å². The third-order valence-corrected chi connectivity index (χ3v) is 14.6. The number of anilines is 1. The fraction of sp³-hybridized carbons (Fsp3) is 0.531. The minimum atomic E-state index is -5.86. The van der Waals surface area contributed by atoms with Gasteiger partial charge in [-0.2, -0.15) is 8.78 Å². The number of fused-ring (bicyclic) bond motifs is 3. The number of benzene rings is 2. The second-order valence-corrected chi connectivity index (χ2v) is 20.8. The highest BCUT2D eigenvalue weighted by Gasteiger charge is 2.51. The van der Waals surface area contributed by atoms with E-state index in [0.29, 0.717) is 64.3 Å². The molecule has 10 N–H and O–H groups in total. The lowest BCUT2D eigenvalue weighted by Crippen LogP contribution is -2.61. The minimum absolute atomic E-state index is 0.0260. The molecule has 9 amide bonds. The Labute approximate surface area is 440 Å². The predicted molar refractivity (Wildman–Crippen MR) is 268 cm³/mol. The normalized spacial score (nSPS) is 20.6. The van der Waals surface area contributed by atoms with Gasteiger partial charge in [0.2, 0.25) is 35.4 Å². The topological polar surface area (TPSA) is 351 Å². The van der Waals surface area contributed by atoms with Crippen LogP contribution in [0.3, 0.4) is 0 Å². The standard InChI is InChI=1S/C49H63F2N10O15P/c1-59-18-15-30-8-11-37(60(30)47(69)36(27-59)57-43(65)35-26-28-25-29(7-9-32(28)55-35)49(50,51)77(71,72)73)44(66)56-34(10-13-39(52)62)42(64)54-17-4-20-75-22-24-76-23-21-74-19-3-16-53-33-6-2-5-31-41(33)48(70)61(46(31)68)38-12-14-40(63)58-45(38)67/h2,5-7,9,25-26,30,34,36-38,53,55H,3-4,8,10-24,27H2,1H3,(H2,52,62)(H,54,64)(H,56,66)(H,57,65)(H,58,63,67)(H2,71,72,73)/t30-,34+,36+,37+,38?/m1/s1. The van der Waals surface area contributed by atoms with Gasteiger partial charge in [0, 0.05) is 73.9 Å². The first-order valence-electron chi connectivity index (χ1n) is 25.2. The summed E-state index contributed by atoms with van der Waals surface area (Å²) in [6.07, 6.45) is 1.92. The summed E-state index contributed by atoms with van der Waals surface area (Å²) in [5, 5.41) is 13.5. The molecule has 3 fully saturated rings. The van der Waals surface area contributed by atoms with Crippen LogP contribution in [-0.4, -0.2) is 186 Å². The molecule has 2 aromatic carbocycles. The smallest absolute Gasteiger partial charge is 0.384 e. The number of likely N-dealkylation sites (N-methyl/N-ethyl adjacent to an activating group) is 1. The number of imide groups is 2. The molecule has 5 heterocycles. The molecule has 0 saturated carbocycles. The van der Waals surface area contributed by atoms with Crippen molar-refractivity contribution in [3.63, 3.8) is 0 Å². The number of piperidine rings is 1. The van der Waals surface area contributed by atoms with Crippen LogP contribution in [-0.2, 0) is 53.2 Å². The summed E-state index contributed by atoms with van der Waals surface area (Å²) in [4.78, 5) is 143. The number of nitrogens with two attached hydrogens (primary N) is 1. The predicted octanol–water partition coefficient (Wildman–Crippen LogP) is 0.398. The van der Waals surface area contributed by atoms with Gasteiger partial charge in [0.1, 0.15) is 29.9 Å². The average molecular weight is 1100 g/mol. The first kappa shape index (κ1) is 58.0. The van der Waals surface area contributed by atoms with Gasteiger partial charge >= 0.3 is 13.3 Å². The SMILES string of the molecule is CN1CC[C@H]2CC[C@@H](C(=O)N[C@@H](CCC(N)=O)C(=O)NCCCOCCOCCOCCCNc3cccc4c3C(=O)N(C3CCC(=O)NC3=O)C4=O)N2C(=O)[C@@H](NC(=O)c2cc3cc(C(F)(F)P(=O)(O)O)ccc3[nH]2)C1. The number of carbonyl (C=O) groups excluding carboxylic acids is 9. The van der Waals surface area contributed by atoms with E-state index in [1.54, 1.807) is 19.2 Å². The summed E-state index contributed by atoms with van der Waals surface area (Å²) < 4.78 is 57.2. The highest BCUT2D eigenvalue weighted by molar-refractivity contribution is 7.52. The fourth-order valence-electron chi connectivity index (χ4n) is 9.68. The molecule has 0 spiro atoms. The van der Waals surface area contributed by atoms with Crippen molar-refractivity contribution in [3.05, 3.63) is 64.8 Å². The molecular weight excluding hydrogens is 1040 g/mol. The highest BCUT2D eigenvalue weighted by atomic mass is 31.2. The number of alkyl halides is 2. The molecule has 418 valence electrons. The summed E-state index contributed by atoms with van der Waals surface area (Å²) in [6.45, 7) is 2.91. The summed E-state index contributed by atoms with van der Waals surface area (Å²) in [5.74, 6) is -5.57. The Balaban J connectivity index is 0.795. The van der Waals surface area contributed by atoms with Crippen molar-refractivity contribution in [3.8, 4) is 0 Å². The molecule has 0 radical (unpaired) electrons. The first-order chi connectivity index (χ1) is 36.7. The lowest BCUT2D eigenvalue weighted by molar-refractivity contribution is -0.144. The monoisotopic (exact) mass is 1100 g/mol. The van der Waals surface area contributed by atoms with Crippen LogP contribution in [0.5, 0.6) is 0 Å². The van der Waals surface area contributed by atoms with Gasteiger partial charge in [0.05, 0.1) is 37.6 Å². The minimum Gasteiger partial charge on any atom is -0.384 e. The van der Waals surface area contributed by atoms with E-state index in [4.69, 9.17) is 19.9 Å². The van der Waals surface area contributed by atoms with Crippen molar-refractivity contribution in [2.24, 2.45) is 5.73 Å². The van der Waals surface area contributed by atoms with E-state index < -0.39 is 102 Å². The lowest BCUT2D eigenvalue weighted by atomic mass is 10.0. The van der Waals surface area contributed by atoms with Crippen molar-refractivity contribution in [1.29, 1.82) is 0 Å². The summed E-state index contributed by atoms with van der Waals surface area (Å²) in [6, 6.07) is 4.05. The number of primary amides is 1. The number of halogens is 2. The maximum atomic E-state index is 14.4. The molecule has 0 aliphatic carbocycles. The molecule has 7 rings (SSSR count). The maximum Gasteiger partial charge on any atom is 0.399 e. The Hall–Kier alpha value is -6.74. The molecule has 4 aliphatic rings. The Kier molecular flexibility index (Phi) is 19.3. The van der Waals surface area contributed by atoms with Crippen molar-refractivity contribution >= 4 is 77.4 Å². The third kappa shape index (κ3) is 14.1. The molecule has 3 aromatic rings. The van der Waals surface area contributed by atoms with Crippen LogP contribution in [0.15, 0.2) is 42.5 Å². The molecule has 1 aromatic heterocycles. The van der Waals surface area contributed by atoms with E-state index in [9.17, 15) is 66.3 Å². The average Bonchev–Trinajstić information content (AvgIpc) is 4.10. The molecule has 4 aliphatic heterocycles. The highest BCUT2D eigenvalue weighted by Crippen LogP contribution is 2.59. The number of H-pyrrole nitrogens is 1. The van der Waals surface area contributed by atoms with Crippen molar-refractivity contribution in [2.75, 3.05) is 78.2 Å². The van der Waals surface area contributed by atoms with Crippen LogP contribution in [0, 0.1) is 0 Å². The van der Waals surface area contributed by atoms with Gasteiger partial charge in [-0.05, 0) is 88.9 Å². The van der Waals surface area contributed by atoms with Gasteiger partial charge in [-0.1, -0.05) is 12.1 Å². The maximum absolute atomic E-state index is 14.4. The van der Waals surface area contributed by atoms with Crippen LogP contribution in [0.4, 0.5) is 14.5 Å². The van der Waals surface area contributed by atoms with Crippen LogP contribution in [0.1, 0.15) is 94.6 Å². The molecule has 1 unspecified atom stereocenters. The Morgan fingerprint density at radius 1 is 0.896 bits per heavy atom. The fourth-order valence-corrected chi connectivity index (χ4v) is 10.2. The van der Waals surface area contributed by atoms with Gasteiger partial charge in [-0.3, -0.25) is 57.9 Å². The van der Waals surface area contributed by atoms with Gasteiger partial charge in [-0.25, -0.2) is 0 Å². The number of nitrogens with one attached hydrogen (secondary N) is 6. The number of hydrogen-bond donors (Lipinski definition) is 9. The number of rotatable bonds is 26. The zero-order valence-corrected chi connectivity index (χ0v) is 43.1. The Morgan fingerprint density at radius 3 is 2.29 bits per heavy atom. The summed E-state index contributed by atoms with van der Waals surface area (Å²) in [5.41, 5.74) is 0.866. The molecular formula is C49H63F2N10O15P. The first-order valence-corrected chi connectivity index (χ1v) is 26.8. The van der Waals surface area contributed by atoms with Crippen LogP contribution >= 0.6 is 7.60 Å². The van der Waals surface area contributed by atoms with Gasteiger partial charge in [0.15, 0.2) is 0 Å². The second kappa shape index (κ2) is 25.6. The van der Waals surface area contributed by atoms with E-state index in [1.165, 1.54) is 17.0 Å². The second-order valence-electron chi connectivity index (χ2n) is 19.1. The molecule has 77 heavy (non-hydrogen) atoms. The van der Waals surface area contributed by atoms with E-state index >= 15 is 0 Å². The van der Waals surface area contributed by atoms with Crippen molar-refractivity contribution in [2.45, 2.75) is 93.7 Å². The van der Waals surface area contributed by atoms with E-state index in [-0.39, 0.29) is 92.7 Å². The van der Waals surface area contributed by atoms with Crippen molar-refractivity contribution in [1.82, 2.24) is 41.0 Å². The number of hydrogen-bond acceptors (Lipinski definition) is 15. The molecule has 28 heteroatoms. The Bertz CT molecular complexity index is 2790. The molecule has 0 bridgehead atoms. The number of carbonyl (C=O) groups is 9. The van der Waals surface area contributed by atoms with Gasteiger partial charge in [0.25, 0.3) is 17.7 Å². The number of amides is 9. The summed E-state index contributed by atoms with van der Waals surface area (Å²) in [7, 11) is -4.09. The van der Waals surface area contributed by atoms with E-state index in [1.807, 2.05) is 4.90 Å². The zero-order chi connectivity index (χ0) is 55.6. The van der Waals surface area contributed by atoms with Crippen LogP contribution in [0.2, 0.25) is 0 Å². The van der Waals surface area contributed by atoms with E-state index in [0.717, 1.165) is 23.1 Å². The Morgan fingerprint density at radius 2 is 1.60 bits per heavy atom. The largest absolute Gasteiger partial charge is 0.399 e. The number of aromatic amines is 1. The summed E-state index contributed by atoms with van der Waals surface area (Å²) >= 11 is 0. The van der Waals surface area contributed by atoms with Crippen LogP contribution in [0.25, 0.3) is 10.9 Å². The molecule has 5 atom stereocenters. The third-order valence-electron chi connectivity index (χ3n) is 13.6.